The van der Waals surface area contributed by atoms with Gasteiger partial charge in [0, 0.05) is 45.1 Å². The number of aromatic nitrogens is 2. The molecule has 0 saturated heterocycles. The first-order chi connectivity index (χ1) is 14.3. The molecule has 3 N–H and O–H groups in total. The standard InChI is InChI=1S/C19H22N6O4S/c1-5-11(16-21-6-7-30-16)22-13-14(19(29)25(4)18(13)28)23-12-9-20-8-10(15(12)26)17(27)24(2)3/h6-9,11,22-23H,5H2,1-4H3,(H,20,26). The van der Waals surface area contributed by atoms with Crippen molar-refractivity contribution < 1.29 is 14.4 Å². The lowest BCUT2D eigenvalue weighted by Crippen LogP contribution is -2.31. The predicted molar refractivity (Wildman–Crippen MR) is 112 cm³/mol. The van der Waals surface area contributed by atoms with Gasteiger partial charge in [-0.25, -0.2) is 4.98 Å². The van der Waals surface area contributed by atoms with Gasteiger partial charge in [-0.3, -0.25) is 24.1 Å². The molecular formula is C19H22N6O4S. The Morgan fingerprint density at radius 2 is 1.93 bits per heavy atom. The van der Waals surface area contributed by atoms with E-state index in [4.69, 9.17) is 0 Å². The highest BCUT2D eigenvalue weighted by atomic mass is 32.1. The molecule has 3 heterocycles. The number of H-pyrrole nitrogens is 1. The number of nitrogens with zero attached hydrogens (tertiary/aromatic N) is 3. The summed E-state index contributed by atoms with van der Waals surface area (Å²) in [7, 11) is 4.43. The zero-order valence-corrected chi connectivity index (χ0v) is 17.8. The van der Waals surface area contributed by atoms with Gasteiger partial charge in [0.05, 0.1) is 6.04 Å². The van der Waals surface area contributed by atoms with Crippen LogP contribution in [0.4, 0.5) is 5.69 Å². The summed E-state index contributed by atoms with van der Waals surface area (Å²) in [5.41, 5.74) is -0.693. The smallest absolute Gasteiger partial charge is 0.279 e. The Labute approximate surface area is 176 Å². The Bertz CT molecular complexity index is 1070. The van der Waals surface area contributed by atoms with E-state index in [0.29, 0.717) is 6.42 Å². The van der Waals surface area contributed by atoms with Crippen LogP contribution in [0.25, 0.3) is 0 Å². The van der Waals surface area contributed by atoms with Crippen molar-refractivity contribution in [3.63, 3.8) is 0 Å². The molecule has 1 aliphatic heterocycles. The lowest BCUT2D eigenvalue weighted by atomic mass is 10.2. The van der Waals surface area contributed by atoms with Crippen LogP contribution in [-0.4, -0.2) is 58.6 Å². The molecule has 3 rings (SSSR count). The summed E-state index contributed by atoms with van der Waals surface area (Å²) in [6.45, 7) is 1.93. The molecule has 0 bridgehead atoms. The van der Waals surface area contributed by atoms with Gasteiger partial charge in [-0.2, -0.15) is 0 Å². The third-order valence-electron chi connectivity index (χ3n) is 4.60. The summed E-state index contributed by atoms with van der Waals surface area (Å²) in [5, 5.41) is 8.44. The normalized spacial score (nSPS) is 14.9. The zero-order valence-electron chi connectivity index (χ0n) is 17.0. The van der Waals surface area contributed by atoms with Gasteiger partial charge in [0.2, 0.25) is 5.43 Å². The van der Waals surface area contributed by atoms with Crippen molar-refractivity contribution in [2.24, 2.45) is 0 Å². The molecule has 0 radical (unpaired) electrons. The van der Waals surface area contributed by atoms with Gasteiger partial charge in [-0.05, 0) is 6.42 Å². The highest BCUT2D eigenvalue weighted by Gasteiger charge is 2.38. The number of anilines is 1. The molecule has 2 aromatic rings. The zero-order chi connectivity index (χ0) is 22.0. The molecule has 158 valence electrons. The number of pyridine rings is 1. The largest absolute Gasteiger partial charge is 0.369 e. The second-order valence-electron chi connectivity index (χ2n) is 6.83. The molecule has 3 amide bonds. The average Bonchev–Trinajstić information content (AvgIpc) is 3.32. The minimum atomic E-state index is -0.583. The Kier molecular flexibility index (Phi) is 6.01. The van der Waals surface area contributed by atoms with Crippen molar-refractivity contribution in [3.05, 3.63) is 56.2 Å². The lowest BCUT2D eigenvalue weighted by Gasteiger charge is -2.17. The van der Waals surface area contributed by atoms with Gasteiger partial charge >= 0.3 is 0 Å². The predicted octanol–water partition coefficient (Wildman–Crippen LogP) is 0.896. The number of carbonyl (C=O) groups is 3. The summed E-state index contributed by atoms with van der Waals surface area (Å²) < 4.78 is 0. The van der Waals surface area contributed by atoms with E-state index in [9.17, 15) is 19.2 Å². The van der Waals surface area contributed by atoms with Gasteiger partial charge in [-0.1, -0.05) is 6.92 Å². The van der Waals surface area contributed by atoms with Gasteiger partial charge < -0.3 is 20.5 Å². The summed E-state index contributed by atoms with van der Waals surface area (Å²) >= 11 is 1.43. The van der Waals surface area contributed by atoms with Gasteiger partial charge in [0.1, 0.15) is 27.7 Å². The van der Waals surface area contributed by atoms with E-state index >= 15 is 0 Å². The Morgan fingerprint density at radius 3 is 2.53 bits per heavy atom. The summed E-state index contributed by atoms with van der Waals surface area (Å²) in [5.74, 6) is -1.58. The van der Waals surface area contributed by atoms with Crippen molar-refractivity contribution >= 4 is 34.7 Å². The van der Waals surface area contributed by atoms with Gasteiger partial charge in [0.15, 0.2) is 0 Å². The van der Waals surface area contributed by atoms with Crippen molar-refractivity contribution in [1.29, 1.82) is 0 Å². The van der Waals surface area contributed by atoms with E-state index in [1.165, 1.54) is 49.8 Å². The first kappa shape index (κ1) is 21.2. The van der Waals surface area contributed by atoms with E-state index in [0.717, 1.165) is 9.91 Å². The number of imide groups is 1. The number of rotatable bonds is 7. The molecule has 0 spiro atoms. The molecule has 11 heteroatoms. The van der Waals surface area contributed by atoms with Crippen molar-refractivity contribution in [1.82, 2.24) is 25.1 Å². The quantitative estimate of drug-likeness (QED) is 0.557. The number of amides is 3. The van der Waals surface area contributed by atoms with Crippen LogP contribution in [0.2, 0.25) is 0 Å². The number of nitrogens with one attached hydrogen (secondary N) is 3. The highest BCUT2D eigenvalue weighted by Crippen LogP contribution is 2.25. The number of thiazole rings is 1. The molecule has 1 unspecified atom stereocenters. The fourth-order valence-corrected chi connectivity index (χ4v) is 3.70. The fourth-order valence-electron chi connectivity index (χ4n) is 2.92. The molecular weight excluding hydrogens is 408 g/mol. The number of likely N-dealkylation sites (N-methyl/N-ethyl adjacent to an activating group) is 1. The van der Waals surface area contributed by atoms with Crippen LogP contribution in [-0.2, 0) is 9.59 Å². The third-order valence-corrected chi connectivity index (χ3v) is 5.49. The molecule has 2 aromatic heterocycles. The van der Waals surface area contributed by atoms with Crippen molar-refractivity contribution in [2.45, 2.75) is 19.4 Å². The first-order valence-corrected chi connectivity index (χ1v) is 10.1. The first-order valence-electron chi connectivity index (χ1n) is 9.18. The minimum Gasteiger partial charge on any atom is -0.369 e. The van der Waals surface area contributed by atoms with Crippen LogP contribution in [0, 0.1) is 0 Å². The topological polar surface area (TPSA) is 127 Å². The van der Waals surface area contributed by atoms with Crippen LogP contribution in [0.1, 0.15) is 34.8 Å². The highest BCUT2D eigenvalue weighted by molar-refractivity contribution is 7.09. The summed E-state index contributed by atoms with van der Waals surface area (Å²) in [6.07, 6.45) is 4.93. The second-order valence-corrected chi connectivity index (χ2v) is 7.76. The molecule has 30 heavy (non-hydrogen) atoms. The van der Waals surface area contributed by atoms with E-state index < -0.39 is 23.2 Å². The molecule has 1 atom stereocenters. The van der Waals surface area contributed by atoms with E-state index in [1.54, 1.807) is 6.20 Å². The van der Waals surface area contributed by atoms with Crippen molar-refractivity contribution in [3.8, 4) is 0 Å². The molecule has 0 aliphatic carbocycles. The van der Waals surface area contributed by atoms with Crippen LogP contribution >= 0.6 is 11.3 Å². The molecule has 0 aromatic carbocycles. The molecule has 0 saturated carbocycles. The second kappa shape index (κ2) is 8.49. The summed E-state index contributed by atoms with van der Waals surface area (Å²) in [6, 6.07) is -0.278. The molecule has 0 fully saturated rings. The molecule has 1 aliphatic rings. The third kappa shape index (κ3) is 3.83. The van der Waals surface area contributed by atoms with Crippen LogP contribution in [0.15, 0.2) is 40.2 Å². The Morgan fingerprint density at radius 1 is 1.23 bits per heavy atom. The van der Waals surface area contributed by atoms with Gasteiger partial charge in [0.25, 0.3) is 17.7 Å². The number of aromatic amines is 1. The maximum absolute atomic E-state index is 12.8. The monoisotopic (exact) mass is 430 g/mol. The van der Waals surface area contributed by atoms with E-state index in [-0.39, 0.29) is 28.7 Å². The van der Waals surface area contributed by atoms with Crippen molar-refractivity contribution in [2.75, 3.05) is 26.5 Å². The number of hydrogen-bond acceptors (Lipinski definition) is 8. The fraction of sp³-hybridized carbons (Fsp3) is 0.316. The maximum Gasteiger partial charge on any atom is 0.279 e. The maximum atomic E-state index is 12.8. The lowest BCUT2D eigenvalue weighted by molar-refractivity contribution is -0.136. The number of hydrogen-bond donors (Lipinski definition) is 3. The van der Waals surface area contributed by atoms with E-state index in [1.807, 2.05) is 12.3 Å². The minimum absolute atomic E-state index is 0.0178. The van der Waals surface area contributed by atoms with Gasteiger partial charge in [-0.15, -0.1) is 11.3 Å². The Hall–Kier alpha value is -3.47. The molecule has 10 nitrogen and oxygen atoms in total. The van der Waals surface area contributed by atoms with Crippen LogP contribution in [0.5, 0.6) is 0 Å². The van der Waals surface area contributed by atoms with E-state index in [2.05, 4.69) is 20.6 Å². The number of carbonyl (C=O) groups excluding carboxylic acids is 3. The van der Waals surface area contributed by atoms with Crippen LogP contribution in [0.3, 0.4) is 0 Å². The van der Waals surface area contributed by atoms with Crippen LogP contribution < -0.4 is 16.1 Å². The average molecular weight is 430 g/mol. The summed E-state index contributed by atoms with van der Waals surface area (Å²) in [4.78, 5) is 59.6. The Balaban J connectivity index is 2.00. The SMILES string of the molecule is CCC(NC1=C(Nc2c[nH]cc(C(=O)N(C)C)c2=O)C(=O)N(C)C1=O)c1nccs1.